The minimum Gasteiger partial charge on any atom is -0.396 e. The summed E-state index contributed by atoms with van der Waals surface area (Å²) in [6.45, 7) is 0.171. The average molecular weight is 346 g/mol. The van der Waals surface area contributed by atoms with Gasteiger partial charge in [-0.15, -0.1) is 0 Å². The molecule has 2 aromatic carbocycles. The fourth-order valence-corrected chi connectivity index (χ4v) is 3.76. The van der Waals surface area contributed by atoms with Gasteiger partial charge >= 0.3 is 0 Å². The molecule has 21 heavy (non-hydrogen) atoms. The topological polar surface area (TPSA) is 46.2 Å². The number of aliphatic hydroxyl groups excluding tert-OH is 1. The van der Waals surface area contributed by atoms with E-state index in [0.29, 0.717) is 6.42 Å². The summed E-state index contributed by atoms with van der Waals surface area (Å²) in [4.78, 5) is 0. The molecule has 2 aromatic rings. The van der Waals surface area contributed by atoms with Crippen LogP contribution in [0.2, 0.25) is 0 Å². The van der Waals surface area contributed by atoms with Crippen LogP contribution in [-0.2, 0) is 18.4 Å². The minimum atomic E-state index is -0.519. The van der Waals surface area contributed by atoms with Crippen molar-refractivity contribution in [2.45, 2.75) is 31.2 Å². The third-order valence-corrected chi connectivity index (χ3v) is 4.94. The third kappa shape index (κ3) is 2.66. The number of halogens is 1. The van der Waals surface area contributed by atoms with E-state index >= 15 is 0 Å². The average Bonchev–Trinajstić information content (AvgIpc) is 2.62. The van der Waals surface area contributed by atoms with E-state index in [1.54, 1.807) is 0 Å². The van der Waals surface area contributed by atoms with E-state index in [1.807, 2.05) is 0 Å². The first kappa shape index (κ1) is 14.8. The van der Waals surface area contributed by atoms with Crippen molar-refractivity contribution in [3.63, 3.8) is 0 Å². The molecule has 0 heterocycles. The maximum absolute atomic E-state index is 9.27. The first-order chi connectivity index (χ1) is 10.1. The largest absolute Gasteiger partial charge is 0.396 e. The number of hydrogen-bond donors (Lipinski definition) is 2. The van der Waals surface area contributed by atoms with E-state index in [9.17, 15) is 5.11 Å². The maximum atomic E-state index is 9.27. The quantitative estimate of drug-likeness (QED) is 0.893. The van der Waals surface area contributed by atoms with Crippen molar-refractivity contribution in [2.75, 3.05) is 6.61 Å². The molecule has 3 heteroatoms. The molecule has 0 aromatic heterocycles. The molecule has 1 aliphatic rings. The molecule has 0 saturated heterocycles. The Labute approximate surface area is 134 Å². The molecule has 0 spiro atoms. The molecule has 1 atom stereocenters. The Morgan fingerprint density at radius 2 is 1.76 bits per heavy atom. The van der Waals surface area contributed by atoms with Gasteiger partial charge in [0.15, 0.2) is 0 Å². The molecule has 110 valence electrons. The number of hydrogen-bond acceptors (Lipinski definition) is 2. The zero-order chi connectivity index (χ0) is 14.9. The van der Waals surface area contributed by atoms with Crippen molar-refractivity contribution in [2.24, 2.45) is 5.73 Å². The first-order valence-electron chi connectivity index (χ1n) is 7.42. The van der Waals surface area contributed by atoms with E-state index < -0.39 is 5.54 Å². The van der Waals surface area contributed by atoms with Gasteiger partial charge in [-0.1, -0.05) is 46.3 Å². The van der Waals surface area contributed by atoms with Crippen molar-refractivity contribution in [3.05, 3.63) is 69.2 Å². The van der Waals surface area contributed by atoms with Crippen LogP contribution >= 0.6 is 15.9 Å². The summed E-state index contributed by atoms with van der Waals surface area (Å²) in [5.74, 6) is 0. The molecular weight excluding hydrogens is 326 g/mol. The molecule has 3 rings (SSSR count). The van der Waals surface area contributed by atoms with Crippen molar-refractivity contribution in [1.29, 1.82) is 0 Å². The number of benzene rings is 2. The van der Waals surface area contributed by atoms with Gasteiger partial charge in [-0.2, -0.15) is 0 Å². The Morgan fingerprint density at radius 1 is 1.05 bits per heavy atom. The zero-order valence-corrected chi connectivity index (χ0v) is 13.6. The molecule has 1 aliphatic carbocycles. The SMILES string of the molecule is NC1(CCCO)c2ccccc2CCc2ccc(Br)cc21. The molecule has 0 amide bonds. The first-order valence-corrected chi connectivity index (χ1v) is 8.21. The van der Waals surface area contributed by atoms with E-state index in [0.717, 1.165) is 23.7 Å². The van der Waals surface area contributed by atoms with E-state index in [-0.39, 0.29) is 6.61 Å². The summed E-state index contributed by atoms with van der Waals surface area (Å²) in [7, 11) is 0. The van der Waals surface area contributed by atoms with Gasteiger partial charge in [0.2, 0.25) is 0 Å². The van der Waals surface area contributed by atoms with Crippen LogP contribution in [0.25, 0.3) is 0 Å². The lowest BCUT2D eigenvalue weighted by Gasteiger charge is -2.32. The Bertz CT molecular complexity index is 655. The van der Waals surface area contributed by atoms with Gasteiger partial charge in [0.1, 0.15) is 0 Å². The highest BCUT2D eigenvalue weighted by Crippen LogP contribution is 2.39. The lowest BCUT2D eigenvalue weighted by Crippen LogP contribution is -2.39. The van der Waals surface area contributed by atoms with Crippen LogP contribution in [-0.4, -0.2) is 11.7 Å². The molecule has 0 radical (unpaired) electrons. The number of rotatable bonds is 3. The monoisotopic (exact) mass is 345 g/mol. The number of aliphatic hydroxyl groups is 1. The van der Waals surface area contributed by atoms with E-state index in [4.69, 9.17) is 5.73 Å². The lowest BCUT2D eigenvalue weighted by molar-refractivity contribution is 0.270. The van der Waals surface area contributed by atoms with Crippen LogP contribution in [0.15, 0.2) is 46.9 Å². The fraction of sp³-hybridized carbons (Fsp3) is 0.333. The van der Waals surface area contributed by atoms with Gasteiger partial charge in [0.25, 0.3) is 0 Å². The smallest absolute Gasteiger partial charge is 0.0672 e. The van der Waals surface area contributed by atoms with Crippen molar-refractivity contribution in [1.82, 2.24) is 0 Å². The van der Waals surface area contributed by atoms with Crippen LogP contribution in [0.4, 0.5) is 0 Å². The van der Waals surface area contributed by atoms with Crippen LogP contribution in [0.5, 0.6) is 0 Å². The second-order valence-corrected chi connectivity index (χ2v) is 6.67. The molecule has 1 unspecified atom stereocenters. The second kappa shape index (κ2) is 5.91. The molecule has 2 nitrogen and oxygen atoms in total. The number of aryl methyl sites for hydroxylation is 2. The highest BCUT2D eigenvalue weighted by molar-refractivity contribution is 9.10. The molecule has 3 N–H and O–H groups in total. The molecular formula is C18H20BrNO. The predicted octanol–water partition coefficient (Wildman–Crippen LogP) is 3.52. The summed E-state index contributed by atoms with van der Waals surface area (Å²) < 4.78 is 1.06. The Hall–Kier alpha value is -1.16. The highest BCUT2D eigenvalue weighted by atomic mass is 79.9. The minimum absolute atomic E-state index is 0.171. The van der Waals surface area contributed by atoms with Gasteiger partial charge < -0.3 is 10.8 Å². The highest BCUT2D eigenvalue weighted by Gasteiger charge is 2.35. The van der Waals surface area contributed by atoms with Crippen LogP contribution in [0.3, 0.4) is 0 Å². The standard InChI is InChI=1S/C18H20BrNO/c19-15-9-8-14-7-6-13-4-1-2-5-16(13)18(20,10-3-11-21)17(14)12-15/h1-2,4-5,8-9,12,21H,3,6-7,10-11,20H2. The van der Waals surface area contributed by atoms with Crippen molar-refractivity contribution < 1.29 is 5.11 Å². The number of fused-ring (bicyclic) bond motifs is 2. The lowest BCUT2D eigenvalue weighted by atomic mass is 9.78. The summed E-state index contributed by atoms with van der Waals surface area (Å²) in [6, 6.07) is 14.9. The van der Waals surface area contributed by atoms with E-state index in [1.165, 1.54) is 22.3 Å². The van der Waals surface area contributed by atoms with Gasteiger partial charge in [-0.05, 0) is 60.1 Å². The zero-order valence-electron chi connectivity index (χ0n) is 12.0. The normalized spacial score (nSPS) is 20.5. The number of nitrogens with two attached hydrogens (primary N) is 1. The van der Waals surface area contributed by atoms with Crippen LogP contribution < -0.4 is 5.73 Å². The van der Waals surface area contributed by atoms with Gasteiger partial charge in [-0.25, -0.2) is 0 Å². The Kier molecular flexibility index (Phi) is 4.16. The third-order valence-electron chi connectivity index (χ3n) is 4.44. The van der Waals surface area contributed by atoms with E-state index in [2.05, 4.69) is 58.4 Å². The predicted molar refractivity (Wildman–Crippen MR) is 89.3 cm³/mol. The van der Waals surface area contributed by atoms with Gasteiger partial charge in [0.05, 0.1) is 5.54 Å². The van der Waals surface area contributed by atoms with Gasteiger partial charge in [-0.3, -0.25) is 0 Å². The molecule has 0 aliphatic heterocycles. The molecule has 0 saturated carbocycles. The van der Waals surface area contributed by atoms with Crippen molar-refractivity contribution in [3.8, 4) is 0 Å². The summed E-state index contributed by atoms with van der Waals surface area (Å²) in [6.07, 6.45) is 3.49. The van der Waals surface area contributed by atoms with Gasteiger partial charge in [0, 0.05) is 11.1 Å². The molecule has 0 fully saturated rings. The maximum Gasteiger partial charge on any atom is 0.0672 e. The Morgan fingerprint density at radius 3 is 2.52 bits per heavy atom. The van der Waals surface area contributed by atoms with Crippen molar-refractivity contribution >= 4 is 15.9 Å². The molecule has 0 bridgehead atoms. The second-order valence-electron chi connectivity index (χ2n) is 5.76. The summed E-state index contributed by atoms with van der Waals surface area (Å²) in [5, 5.41) is 9.27. The summed E-state index contributed by atoms with van der Waals surface area (Å²) >= 11 is 3.57. The summed E-state index contributed by atoms with van der Waals surface area (Å²) in [5.41, 5.74) is 11.4. The Balaban J connectivity index is 2.21. The fourth-order valence-electron chi connectivity index (χ4n) is 3.40. The van der Waals surface area contributed by atoms with Crippen LogP contribution in [0, 0.1) is 0 Å². The van der Waals surface area contributed by atoms with Crippen LogP contribution in [0.1, 0.15) is 35.1 Å².